The Morgan fingerprint density at radius 3 is 3.00 bits per heavy atom. The number of hydrogen-bond donors (Lipinski definition) is 0. The van der Waals surface area contributed by atoms with Gasteiger partial charge >= 0.3 is 0 Å². The van der Waals surface area contributed by atoms with E-state index in [2.05, 4.69) is 37.2 Å². The number of nitrogens with zero attached hydrogens (tertiary/aromatic N) is 6. The third-order valence-electron chi connectivity index (χ3n) is 4.35. The number of hydrogen-bond acceptors (Lipinski definition) is 5. The van der Waals surface area contributed by atoms with Crippen molar-refractivity contribution in [3.8, 4) is 0 Å². The summed E-state index contributed by atoms with van der Waals surface area (Å²) >= 11 is 1.69. The SMILES string of the molecule is Cc1nc(C)n(C[C@@H]2CCCN2Cc2cn3ccsc3n2)n1. The summed E-state index contributed by atoms with van der Waals surface area (Å²) in [5.41, 5.74) is 1.16. The molecule has 1 atom stereocenters. The lowest BCUT2D eigenvalue weighted by Crippen LogP contribution is -2.33. The van der Waals surface area contributed by atoms with Crippen molar-refractivity contribution < 1.29 is 0 Å². The molecular formula is C15H20N6S. The van der Waals surface area contributed by atoms with E-state index in [-0.39, 0.29) is 0 Å². The Kier molecular flexibility index (Phi) is 3.46. The van der Waals surface area contributed by atoms with E-state index in [4.69, 9.17) is 4.98 Å². The molecule has 1 aliphatic rings. The Morgan fingerprint density at radius 2 is 2.23 bits per heavy atom. The monoisotopic (exact) mass is 316 g/mol. The number of aromatic nitrogens is 5. The van der Waals surface area contributed by atoms with Gasteiger partial charge in [0.05, 0.1) is 12.2 Å². The second-order valence-electron chi connectivity index (χ2n) is 5.98. The summed E-state index contributed by atoms with van der Waals surface area (Å²) in [5.74, 6) is 1.86. The predicted octanol–water partition coefficient (Wildman–Crippen LogP) is 2.27. The first-order valence-electron chi connectivity index (χ1n) is 7.72. The maximum Gasteiger partial charge on any atom is 0.193 e. The number of rotatable bonds is 4. The number of imidazole rings is 1. The van der Waals surface area contributed by atoms with Crippen molar-refractivity contribution in [1.29, 1.82) is 0 Å². The van der Waals surface area contributed by atoms with Crippen LogP contribution >= 0.6 is 11.3 Å². The molecule has 0 bridgehead atoms. The van der Waals surface area contributed by atoms with Crippen LogP contribution in [-0.4, -0.2) is 41.6 Å². The summed E-state index contributed by atoms with van der Waals surface area (Å²) in [6, 6.07) is 0.527. The zero-order valence-electron chi connectivity index (χ0n) is 12.9. The molecule has 0 spiro atoms. The molecule has 3 aromatic rings. The van der Waals surface area contributed by atoms with Gasteiger partial charge in [-0.15, -0.1) is 11.3 Å². The Hall–Kier alpha value is -1.73. The van der Waals surface area contributed by atoms with Crippen molar-refractivity contribution in [3.05, 3.63) is 35.1 Å². The van der Waals surface area contributed by atoms with Crippen LogP contribution in [0.25, 0.3) is 4.96 Å². The summed E-state index contributed by atoms with van der Waals surface area (Å²) in [5, 5.41) is 6.57. The lowest BCUT2D eigenvalue weighted by atomic mass is 10.2. The Labute approximate surface area is 133 Å². The molecule has 3 aromatic heterocycles. The van der Waals surface area contributed by atoms with Crippen molar-refractivity contribution in [2.75, 3.05) is 6.54 Å². The van der Waals surface area contributed by atoms with Gasteiger partial charge in [-0.3, -0.25) is 9.30 Å². The summed E-state index contributed by atoms with van der Waals surface area (Å²) in [6.07, 6.45) is 6.69. The van der Waals surface area contributed by atoms with Gasteiger partial charge in [-0.2, -0.15) is 5.10 Å². The summed E-state index contributed by atoms with van der Waals surface area (Å²) < 4.78 is 4.15. The maximum atomic E-state index is 4.70. The average Bonchev–Trinajstić information content (AvgIpc) is 3.18. The molecule has 4 rings (SSSR count). The van der Waals surface area contributed by atoms with Gasteiger partial charge in [0, 0.05) is 30.4 Å². The molecule has 116 valence electrons. The highest BCUT2D eigenvalue weighted by Crippen LogP contribution is 2.22. The zero-order valence-corrected chi connectivity index (χ0v) is 13.8. The van der Waals surface area contributed by atoms with E-state index >= 15 is 0 Å². The normalized spacial score (nSPS) is 19.5. The Morgan fingerprint density at radius 1 is 1.32 bits per heavy atom. The smallest absolute Gasteiger partial charge is 0.193 e. The molecule has 0 aromatic carbocycles. The predicted molar refractivity (Wildman–Crippen MR) is 86.0 cm³/mol. The molecule has 7 heteroatoms. The van der Waals surface area contributed by atoms with Crippen molar-refractivity contribution in [2.24, 2.45) is 0 Å². The van der Waals surface area contributed by atoms with E-state index in [1.807, 2.05) is 18.5 Å². The van der Waals surface area contributed by atoms with Gasteiger partial charge in [0.25, 0.3) is 0 Å². The van der Waals surface area contributed by atoms with Crippen LogP contribution in [0.1, 0.15) is 30.2 Å². The van der Waals surface area contributed by atoms with Crippen molar-refractivity contribution in [1.82, 2.24) is 29.0 Å². The second kappa shape index (κ2) is 5.48. The van der Waals surface area contributed by atoms with Crippen molar-refractivity contribution in [2.45, 2.75) is 45.8 Å². The van der Waals surface area contributed by atoms with E-state index < -0.39 is 0 Å². The first-order valence-corrected chi connectivity index (χ1v) is 8.60. The average molecular weight is 316 g/mol. The van der Waals surface area contributed by atoms with Crippen LogP contribution < -0.4 is 0 Å². The minimum Gasteiger partial charge on any atom is -0.297 e. The standard InChI is InChI=1S/C15H20N6S/c1-11-16-12(2)21(18-11)10-14-4-3-5-19(14)8-13-9-20-6-7-22-15(20)17-13/h6-7,9,14H,3-5,8,10H2,1-2H3/t14-/m0/s1. The molecule has 22 heavy (non-hydrogen) atoms. The van der Waals surface area contributed by atoms with Crippen LogP contribution in [0.4, 0.5) is 0 Å². The van der Waals surface area contributed by atoms with Gasteiger partial charge < -0.3 is 0 Å². The van der Waals surface area contributed by atoms with E-state index in [9.17, 15) is 0 Å². The van der Waals surface area contributed by atoms with E-state index in [0.717, 1.165) is 41.9 Å². The molecule has 1 fully saturated rings. The summed E-state index contributed by atoms with van der Waals surface area (Å²) in [6.45, 7) is 6.97. The number of thiazole rings is 1. The quantitative estimate of drug-likeness (QED) is 0.741. The zero-order chi connectivity index (χ0) is 15.1. The molecule has 0 radical (unpaired) electrons. The van der Waals surface area contributed by atoms with E-state index in [1.165, 1.54) is 12.8 Å². The molecule has 0 saturated carbocycles. The molecule has 6 nitrogen and oxygen atoms in total. The first kappa shape index (κ1) is 13.9. The fourth-order valence-corrected chi connectivity index (χ4v) is 4.02. The number of fused-ring (bicyclic) bond motifs is 1. The third kappa shape index (κ3) is 2.55. The van der Waals surface area contributed by atoms with Crippen LogP contribution in [0, 0.1) is 13.8 Å². The second-order valence-corrected chi connectivity index (χ2v) is 6.85. The molecule has 0 N–H and O–H groups in total. The third-order valence-corrected chi connectivity index (χ3v) is 5.12. The van der Waals surface area contributed by atoms with Crippen LogP contribution in [0.2, 0.25) is 0 Å². The highest BCUT2D eigenvalue weighted by molar-refractivity contribution is 7.15. The highest BCUT2D eigenvalue weighted by atomic mass is 32.1. The van der Waals surface area contributed by atoms with Crippen LogP contribution in [0.3, 0.4) is 0 Å². The first-order chi connectivity index (χ1) is 10.7. The lowest BCUT2D eigenvalue weighted by molar-refractivity contribution is 0.216. The minimum atomic E-state index is 0.527. The van der Waals surface area contributed by atoms with Crippen LogP contribution in [-0.2, 0) is 13.1 Å². The Balaban J connectivity index is 1.48. The van der Waals surface area contributed by atoms with Gasteiger partial charge in [0.2, 0.25) is 0 Å². The molecule has 0 unspecified atom stereocenters. The Bertz CT molecular complexity index is 757. The topological polar surface area (TPSA) is 51.2 Å². The van der Waals surface area contributed by atoms with Gasteiger partial charge in [-0.05, 0) is 33.2 Å². The summed E-state index contributed by atoms with van der Waals surface area (Å²) in [4.78, 5) is 12.7. The molecule has 1 aliphatic heterocycles. The highest BCUT2D eigenvalue weighted by Gasteiger charge is 2.26. The molecule has 0 amide bonds. The number of aryl methyl sites for hydroxylation is 2. The van der Waals surface area contributed by atoms with Gasteiger partial charge in [-0.25, -0.2) is 14.6 Å². The number of likely N-dealkylation sites (tertiary alicyclic amines) is 1. The summed E-state index contributed by atoms with van der Waals surface area (Å²) in [7, 11) is 0. The van der Waals surface area contributed by atoms with Crippen molar-refractivity contribution in [3.63, 3.8) is 0 Å². The largest absolute Gasteiger partial charge is 0.297 e. The molecular weight excluding hydrogens is 296 g/mol. The van der Waals surface area contributed by atoms with Gasteiger partial charge in [0.1, 0.15) is 11.6 Å². The molecule has 1 saturated heterocycles. The van der Waals surface area contributed by atoms with Crippen molar-refractivity contribution >= 4 is 16.3 Å². The minimum absolute atomic E-state index is 0.527. The van der Waals surface area contributed by atoms with Gasteiger partial charge in [-0.1, -0.05) is 0 Å². The van der Waals surface area contributed by atoms with Gasteiger partial charge in [0.15, 0.2) is 4.96 Å². The van der Waals surface area contributed by atoms with E-state index in [0.29, 0.717) is 6.04 Å². The molecule has 0 aliphatic carbocycles. The lowest BCUT2D eigenvalue weighted by Gasteiger charge is -2.23. The van der Waals surface area contributed by atoms with E-state index in [1.54, 1.807) is 11.3 Å². The van der Waals surface area contributed by atoms with Crippen LogP contribution in [0.15, 0.2) is 17.8 Å². The fraction of sp³-hybridized carbons (Fsp3) is 0.533. The van der Waals surface area contributed by atoms with Crippen LogP contribution in [0.5, 0.6) is 0 Å². The maximum absolute atomic E-state index is 4.70. The fourth-order valence-electron chi connectivity index (χ4n) is 3.30. The molecule has 4 heterocycles.